The SMILES string of the molecule is C/C=C/C(=O)OC1CC(C)C(O[N+](=O)[O-])C1.CCOC1CC(OC)C(O[N+](=O)[O-])C1. The minimum Gasteiger partial charge on any atom is -0.459 e. The number of allylic oxidation sites excluding steroid dienone is 1. The summed E-state index contributed by atoms with van der Waals surface area (Å²) in [7, 11) is 1.52. The van der Waals surface area contributed by atoms with E-state index in [0.29, 0.717) is 32.3 Å². The lowest BCUT2D eigenvalue weighted by molar-refractivity contribution is -0.770. The minimum atomic E-state index is -0.794. The number of esters is 1. The maximum absolute atomic E-state index is 11.2. The molecule has 0 bridgehead atoms. The molecule has 30 heavy (non-hydrogen) atoms. The Morgan fingerprint density at radius 2 is 1.57 bits per heavy atom. The highest BCUT2D eigenvalue weighted by atomic mass is 17.0. The third kappa shape index (κ3) is 8.91. The van der Waals surface area contributed by atoms with Gasteiger partial charge in [0.1, 0.15) is 18.3 Å². The first-order chi connectivity index (χ1) is 14.2. The van der Waals surface area contributed by atoms with Crippen LogP contribution in [0.1, 0.15) is 46.5 Å². The van der Waals surface area contributed by atoms with Crippen LogP contribution in [0.25, 0.3) is 0 Å². The maximum Gasteiger partial charge on any atom is 0.330 e. The van der Waals surface area contributed by atoms with Gasteiger partial charge in [-0.25, -0.2) is 4.79 Å². The monoisotopic (exact) mass is 434 g/mol. The molecule has 172 valence electrons. The summed E-state index contributed by atoms with van der Waals surface area (Å²) in [6, 6.07) is 0. The molecule has 0 aromatic rings. The molecule has 2 rings (SSSR count). The van der Waals surface area contributed by atoms with Crippen molar-refractivity contribution >= 4 is 5.97 Å². The molecule has 2 fully saturated rings. The number of ether oxygens (including phenoxy) is 3. The number of hydrogen-bond acceptors (Lipinski definition) is 10. The van der Waals surface area contributed by atoms with Gasteiger partial charge >= 0.3 is 5.97 Å². The Morgan fingerprint density at radius 1 is 1.00 bits per heavy atom. The lowest BCUT2D eigenvalue weighted by Gasteiger charge is -2.14. The summed E-state index contributed by atoms with van der Waals surface area (Å²) >= 11 is 0. The van der Waals surface area contributed by atoms with Crippen molar-refractivity contribution < 1.29 is 38.9 Å². The number of carbonyl (C=O) groups excluding carboxylic acids is 1. The first-order valence-electron chi connectivity index (χ1n) is 9.80. The molecule has 0 amide bonds. The second-order valence-electron chi connectivity index (χ2n) is 7.07. The van der Waals surface area contributed by atoms with Gasteiger partial charge in [-0.3, -0.25) is 0 Å². The van der Waals surface area contributed by atoms with E-state index < -0.39 is 28.4 Å². The van der Waals surface area contributed by atoms with E-state index in [0.717, 1.165) is 0 Å². The average molecular weight is 434 g/mol. The van der Waals surface area contributed by atoms with Gasteiger partial charge in [-0.1, -0.05) is 13.0 Å². The molecule has 0 aliphatic heterocycles. The molecule has 2 aliphatic rings. The van der Waals surface area contributed by atoms with E-state index in [9.17, 15) is 25.0 Å². The molecule has 0 heterocycles. The van der Waals surface area contributed by atoms with Crippen LogP contribution in [0.15, 0.2) is 12.2 Å². The lowest BCUT2D eigenvalue weighted by atomic mass is 10.1. The summed E-state index contributed by atoms with van der Waals surface area (Å²) in [4.78, 5) is 40.5. The van der Waals surface area contributed by atoms with Crippen LogP contribution in [0, 0.1) is 26.1 Å². The lowest BCUT2D eigenvalue weighted by Crippen LogP contribution is -2.27. The van der Waals surface area contributed by atoms with Gasteiger partial charge in [-0.05, 0) is 26.2 Å². The fraction of sp³-hybridized carbons (Fsp3) is 0.833. The van der Waals surface area contributed by atoms with E-state index in [1.54, 1.807) is 13.0 Å². The van der Waals surface area contributed by atoms with Gasteiger partial charge in [-0.2, -0.15) is 0 Å². The summed E-state index contributed by atoms with van der Waals surface area (Å²) in [5.41, 5.74) is 0. The zero-order valence-corrected chi connectivity index (χ0v) is 17.6. The summed E-state index contributed by atoms with van der Waals surface area (Å²) in [6.45, 7) is 6.06. The van der Waals surface area contributed by atoms with Crippen molar-refractivity contribution in [2.24, 2.45) is 5.92 Å². The van der Waals surface area contributed by atoms with Gasteiger partial charge in [-0.15, -0.1) is 20.2 Å². The highest BCUT2D eigenvalue weighted by Gasteiger charge is 2.37. The van der Waals surface area contributed by atoms with E-state index in [1.807, 2.05) is 13.8 Å². The van der Waals surface area contributed by atoms with Crippen molar-refractivity contribution in [1.82, 2.24) is 0 Å². The minimum absolute atomic E-state index is 0.00917. The Hall–Kier alpha value is -2.47. The topological polar surface area (TPSA) is 150 Å². The Bertz CT molecular complexity index is 600. The summed E-state index contributed by atoms with van der Waals surface area (Å²) in [5, 5.41) is 18.8. The van der Waals surface area contributed by atoms with Gasteiger partial charge in [0.2, 0.25) is 0 Å². The van der Waals surface area contributed by atoms with Crippen LogP contribution in [0.5, 0.6) is 0 Å². The van der Waals surface area contributed by atoms with Crippen molar-refractivity contribution in [2.75, 3.05) is 13.7 Å². The van der Waals surface area contributed by atoms with Crippen LogP contribution in [0.3, 0.4) is 0 Å². The smallest absolute Gasteiger partial charge is 0.330 e. The predicted molar refractivity (Wildman–Crippen MR) is 102 cm³/mol. The molecule has 2 aliphatic carbocycles. The van der Waals surface area contributed by atoms with Gasteiger partial charge in [0.15, 0.2) is 0 Å². The molecule has 2 saturated carbocycles. The van der Waals surface area contributed by atoms with Crippen LogP contribution >= 0.6 is 0 Å². The molecule has 0 aromatic carbocycles. The second-order valence-corrected chi connectivity index (χ2v) is 7.07. The van der Waals surface area contributed by atoms with Crippen molar-refractivity contribution in [3.05, 3.63) is 32.4 Å². The normalized spacial score (nSPS) is 30.4. The van der Waals surface area contributed by atoms with Gasteiger partial charge in [0.25, 0.3) is 10.2 Å². The Kier molecular flexibility index (Phi) is 11.0. The Labute approximate surface area is 174 Å². The van der Waals surface area contributed by atoms with E-state index >= 15 is 0 Å². The largest absolute Gasteiger partial charge is 0.459 e. The van der Waals surface area contributed by atoms with Crippen LogP contribution in [0.4, 0.5) is 0 Å². The highest BCUT2D eigenvalue weighted by Crippen LogP contribution is 2.30. The molecule has 6 atom stereocenters. The average Bonchev–Trinajstić information content (AvgIpc) is 3.17. The van der Waals surface area contributed by atoms with Crippen molar-refractivity contribution in [2.45, 2.75) is 77.0 Å². The van der Waals surface area contributed by atoms with E-state index in [-0.39, 0.29) is 24.2 Å². The zero-order chi connectivity index (χ0) is 22.7. The predicted octanol–water partition coefficient (Wildman–Crippen LogP) is 2.26. The molecule has 0 N–H and O–H groups in total. The van der Waals surface area contributed by atoms with E-state index in [2.05, 4.69) is 9.68 Å². The molecule has 0 saturated heterocycles. The van der Waals surface area contributed by atoms with Crippen LogP contribution in [0.2, 0.25) is 0 Å². The number of methoxy groups -OCH3 is 1. The summed E-state index contributed by atoms with van der Waals surface area (Å²) in [6.07, 6.45) is 3.59. The highest BCUT2D eigenvalue weighted by molar-refractivity contribution is 5.81. The molecular formula is C18H30N2O10. The summed E-state index contributed by atoms with van der Waals surface area (Å²) < 4.78 is 15.6. The van der Waals surface area contributed by atoms with Crippen LogP contribution < -0.4 is 0 Å². The fourth-order valence-electron chi connectivity index (χ4n) is 3.61. The van der Waals surface area contributed by atoms with Crippen molar-refractivity contribution in [3.8, 4) is 0 Å². The van der Waals surface area contributed by atoms with E-state index in [1.165, 1.54) is 13.2 Å². The molecule has 0 aromatic heterocycles. The van der Waals surface area contributed by atoms with Gasteiger partial charge in [0.05, 0.1) is 12.2 Å². The van der Waals surface area contributed by atoms with Gasteiger partial charge in [0, 0.05) is 39.1 Å². The molecule has 12 nitrogen and oxygen atoms in total. The zero-order valence-electron chi connectivity index (χ0n) is 17.6. The Balaban J connectivity index is 0.000000303. The first-order valence-corrected chi connectivity index (χ1v) is 9.80. The molecule has 6 unspecified atom stereocenters. The first kappa shape index (κ1) is 25.6. The molecule has 0 spiro atoms. The molecule has 0 radical (unpaired) electrons. The number of nitrogens with zero attached hydrogens (tertiary/aromatic N) is 2. The van der Waals surface area contributed by atoms with E-state index in [4.69, 9.17) is 14.2 Å². The number of carbonyl (C=O) groups is 1. The molecular weight excluding hydrogens is 404 g/mol. The number of hydrogen-bond donors (Lipinski definition) is 0. The fourth-order valence-corrected chi connectivity index (χ4v) is 3.61. The van der Waals surface area contributed by atoms with Crippen LogP contribution in [-0.2, 0) is 28.7 Å². The van der Waals surface area contributed by atoms with Crippen molar-refractivity contribution in [3.63, 3.8) is 0 Å². The Morgan fingerprint density at radius 3 is 2.10 bits per heavy atom. The van der Waals surface area contributed by atoms with Crippen molar-refractivity contribution in [1.29, 1.82) is 0 Å². The quantitative estimate of drug-likeness (QED) is 0.229. The second kappa shape index (κ2) is 13.0. The van der Waals surface area contributed by atoms with Crippen LogP contribution in [-0.4, -0.2) is 60.4 Å². The number of rotatable bonds is 9. The third-order valence-electron chi connectivity index (χ3n) is 4.90. The summed E-state index contributed by atoms with van der Waals surface area (Å²) in [5.74, 6) is -0.393. The third-order valence-corrected chi connectivity index (χ3v) is 4.90. The van der Waals surface area contributed by atoms with Gasteiger partial charge < -0.3 is 23.9 Å². The maximum atomic E-state index is 11.2. The standard InChI is InChI=1S/C10H15NO5.C8H15NO5/c1-3-4-10(12)15-8-5-7(2)9(6-8)16-11(13)14;1-3-13-6-4-7(12-2)8(5-6)14-9(10)11/h3-4,7-9H,5-6H2,1-2H3;6-8H,3-5H2,1-2H3/b4-3+;. The molecule has 12 heteroatoms.